The van der Waals surface area contributed by atoms with E-state index in [0.29, 0.717) is 11.0 Å². The summed E-state index contributed by atoms with van der Waals surface area (Å²) in [5.74, 6) is 0.874. The largest absolute Gasteiger partial charge is 0.347 e. The molecule has 106 valence electrons. The molecule has 0 aliphatic heterocycles. The van der Waals surface area contributed by atoms with Crippen molar-refractivity contribution in [2.45, 2.75) is 25.9 Å². The van der Waals surface area contributed by atoms with Crippen LogP contribution in [0.4, 0.5) is 5.69 Å². The SMILES string of the molecule is CCC(NCc1ccc(Br)c([N+](=O)[O-])c1)c1ncc[nH]1. The standard InChI is InChI=1S/C13H15BrN4O2/c1-2-11(13-15-5-6-16-13)17-8-9-3-4-10(14)12(7-9)18(19)20/h3-7,11,17H,2,8H2,1H3,(H,15,16). The summed E-state index contributed by atoms with van der Waals surface area (Å²) in [7, 11) is 0. The van der Waals surface area contributed by atoms with Crippen molar-refractivity contribution in [1.29, 1.82) is 0 Å². The van der Waals surface area contributed by atoms with Crippen molar-refractivity contribution in [3.8, 4) is 0 Å². The van der Waals surface area contributed by atoms with Crippen LogP contribution in [0.15, 0.2) is 35.1 Å². The van der Waals surface area contributed by atoms with Crippen LogP contribution < -0.4 is 5.32 Å². The molecule has 20 heavy (non-hydrogen) atoms. The van der Waals surface area contributed by atoms with Crippen LogP contribution in [0.3, 0.4) is 0 Å². The van der Waals surface area contributed by atoms with Gasteiger partial charge in [-0.15, -0.1) is 0 Å². The van der Waals surface area contributed by atoms with Gasteiger partial charge in [0.1, 0.15) is 5.82 Å². The summed E-state index contributed by atoms with van der Waals surface area (Å²) in [5.41, 5.74) is 0.945. The molecule has 0 aliphatic rings. The quantitative estimate of drug-likeness (QED) is 0.625. The first-order valence-corrected chi connectivity index (χ1v) is 7.06. The van der Waals surface area contributed by atoms with E-state index in [-0.39, 0.29) is 11.7 Å². The number of imidazole rings is 1. The van der Waals surface area contributed by atoms with Gasteiger partial charge in [0.25, 0.3) is 5.69 Å². The molecule has 0 saturated heterocycles. The van der Waals surface area contributed by atoms with E-state index in [4.69, 9.17) is 0 Å². The highest BCUT2D eigenvalue weighted by molar-refractivity contribution is 9.10. The fraction of sp³-hybridized carbons (Fsp3) is 0.308. The van der Waals surface area contributed by atoms with E-state index in [1.165, 1.54) is 0 Å². The van der Waals surface area contributed by atoms with Gasteiger partial charge in [-0.2, -0.15) is 0 Å². The van der Waals surface area contributed by atoms with E-state index < -0.39 is 4.92 Å². The first-order valence-electron chi connectivity index (χ1n) is 6.27. The van der Waals surface area contributed by atoms with Gasteiger partial charge in [0.15, 0.2) is 0 Å². The molecule has 2 aromatic rings. The molecule has 1 atom stereocenters. The van der Waals surface area contributed by atoms with Gasteiger partial charge in [-0.05, 0) is 34.0 Å². The van der Waals surface area contributed by atoms with Crippen molar-refractivity contribution < 1.29 is 4.92 Å². The van der Waals surface area contributed by atoms with E-state index in [0.717, 1.165) is 17.8 Å². The first kappa shape index (κ1) is 14.7. The monoisotopic (exact) mass is 338 g/mol. The highest BCUT2D eigenvalue weighted by Gasteiger charge is 2.14. The maximum Gasteiger partial charge on any atom is 0.283 e. The van der Waals surface area contributed by atoms with Gasteiger partial charge in [0.05, 0.1) is 15.4 Å². The molecule has 7 heteroatoms. The summed E-state index contributed by atoms with van der Waals surface area (Å²) < 4.78 is 0.490. The normalized spacial score (nSPS) is 12.3. The molecule has 0 radical (unpaired) electrons. The Morgan fingerprint density at radius 2 is 2.35 bits per heavy atom. The molecular weight excluding hydrogens is 324 g/mol. The highest BCUT2D eigenvalue weighted by atomic mass is 79.9. The van der Waals surface area contributed by atoms with Gasteiger partial charge < -0.3 is 10.3 Å². The number of nitrogens with one attached hydrogen (secondary N) is 2. The number of H-pyrrole nitrogens is 1. The van der Waals surface area contributed by atoms with Gasteiger partial charge in [-0.25, -0.2) is 4.98 Å². The van der Waals surface area contributed by atoms with Crippen molar-refractivity contribution in [2.24, 2.45) is 0 Å². The number of aromatic nitrogens is 2. The highest BCUT2D eigenvalue weighted by Crippen LogP contribution is 2.25. The van der Waals surface area contributed by atoms with Crippen LogP contribution in [0.1, 0.15) is 30.8 Å². The lowest BCUT2D eigenvalue weighted by atomic mass is 10.1. The average Bonchev–Trinajstić information content (AvgIpc) is 2.95. The zero-order chi connectivity index (χ0) is 14.5. The van der Waals surface area contributed by atoms with Crippen LogP contribution in [0.25, 0.3) is 0 Å². The summed E-state index contributed by atoms with van der Waals surface area (Å²) >= 11 is 3.18. The topological polar surface area (TPSA) is 83.8 Å². The van der Waals surface area contributed by atoms with Gasteiger partial charge in [0.2, 0.25) is 0 Å². The molecule has 0 saturated carbocycles. The lowest BCUT2D eigenvalue weighted by Gasteiger charge is -2.14. The third-order valence-electron chi connectivity index (χ3n) is 3.02. The summed E-state index contributed by atoms with van der Waals surface area (Å²) in [4.78, 5) is 17.8. The number of rotatable bonds is 6. The number of benzene rings is 1. The minimum absolute atomic E-state index is 0.0790. The van der Waals surface area contributed by atoms with E-state index in [1.54, 1.807) is 24.5 Å². The van der Waals surface area contributed by atoms with E-state index in [9.17, 15) is 10.1 Å². The molecule has 1 heterocycles. The number of nitrogens with zero attached hydrogens (tertiary/aromatic N) is 2. The minimum Gasteiger partial charge on any atom is -0.347 e. The third kappa shape index (κ3) is 3.43. The Kier molecular flexibility index (Phi) is 4.86. The number of hydrogen-bond acceptors (Lipinski definition) is 4. The summed E-state index contributed by atoms with van der Waals surface area (Å²) in [5, 5.41) is 14.2. The number of nitro groups is 1. The first-order chi connectivity index (χ1) is 9.61. The Morgan fingerprint density at radius 1 is 1.55 bits per heavy atom. The zero-order valence-electron chi connectivity index (χ0n) is 11.0. The van der Waals surface area contributed by atoms with Crippen molar-refractivity contribution >= 4 is 21.6 Å². The second kappa shape index (κ2) is 6.62. The van der Waals surface area contributed by atoms with Crippen LogP contribution in [-0.2, 0) is 6.54 Å². The van der Waals surface area contributed by atoms with Crippen molar-refractivity contribution in [1.82, 2.24) is 15.3 Å². The molecule has 0 spiro atoms. The fourth-order valence-corrected chi connectivity index (χ4v) is 2.34. The summed E-state index contributed by atoms with van der Waals surface area (Å²) in [6, 6.07) is 5.24. The summed E-state index contributed by atoms with van der Waals surface area (Å²) in [6.45, 7) is 2.61. The lowest BCUT2D eigenvalue weighted by Crippen LogP contribution is -2.21. The molecule has 6 nitrogen and oxygen atoms in total. The maximum atomic E-state index is 10.9. The Bertz CT molecular complexity index is 586. The van der Waals surface area contributed by atoms with Crippen LogP contribution in [0.5, 0.6) is 0 Å². The number of nitro benzene ring substituents is 1. The van der Waals surface area contributed by atoms with Crippen molar-refractivity contribution in [3.63, 3.8) is 0 Å². The van der Waals surface area contributed by atoms with E-state index >= 15 is 0 Å². The van der Waals surface area contributed by atoms with Crippen molar-refractivity contribution in [2.75, 3.05) is 0 Å². The van der Waals surface area contributed by atoms with Crippen LogP contribution in [0, 0.1) is 10.1 Å². The molecule has 0 bridgehead atoms. The molecular formula is C13H15BrN4O2. The van der Waals surface area contributed by atoms with Crippen LogP contribution >= 0.6 is 15.9 Å². The Hall–Kier alpha value is -1.73. The van der Waals surface area contributed by atoms with Gasteiger partial charge in [-0.1, -0.05) is 13.0 Å². The molecule has 1 aromatic heterocycles. The third-order valence-corrected chi connectivity index (χ3v) is 3.69. The lowest BCUT2D eigenvalue weighted by molar-refractivity contribution is -0.385. The van der Waals surface area contributed by atoms with Gasteiger partial charge in [-0.3, -0.25) is 10.1 Å². The summed E-state index contributed by atoms with van der Waals surface area (Å²) in [6.07, 6.45) is 4.38. The fourth-order valence-electron chi connectivity index (χ4n) is 1.95. The molecule has 2 N–H and O–H groups in total. The maximum absolute atomic E-state index is 10.9. The second-order valence-electron chi connectivity index (χ2n) is 4.36. The Balaban J connectivity index is 2.07. The van der Waals surface area contributed by atoms with Gasteiger partial charge in [0, 0.05) is 25.0 Å². The average molecular weight is 339 g/mol. The number of aromatic amines is 1. The van der Waals surface area contributed by atoms with E-state index in [1.807, 2.05) is 6.07 Å². The smallest absolute Gasteiger partial charge is 0.283 e. The molecule has 1 aromatic carbocycles. The molecule has 0 fully saturated rings. The molecule has 0 amide bonds. The Labute approximate surface area is 124 Å². The van der Waals surface area contributed by atoms with Crippen LogP contribution in [-0.4, -0.2) is 14.9 Å². The predicted molar refractivity (Wildman–Crippen MR) is 79.3 cm³/mol. The van der Waals surface area contributed by atoms with Gasteiger partial charge >= 0.3 is 0 Å². The second-order valence-corrected chi connectivity index (χ2v) is 5.21. The van der Waals surface area contributed by atoms with E-state index in [2.05, 4.69) is 38.1 Å². The molecule has 0 aliphatic carbocycles. The molecule has 1 unspecified atom stereocenters. The van der Waals surface area contributed by atoms with Crippen molar-refractivity contribution in [3.05, 3.63) is 56.6 Å². The molecule has 2 rings (SSSR count). The Morgan fingerprint density at radius 3 is 2.95 bits per heavy atom. The van der Waals surface area contributed by atoms with Crippen LogP contribution in [0.2, 0.25) is 0 Å². The number of halogens is 1. The minimum atomic E-state index is -0.391. The zero-order valence-corrected chi connectivity index (χ0v) is 12.6. The number of hydrogen-bond donors (Lipinski definition) is 2. The predicted octanol–water partition coefficient (Wildman–Crippen LogP) is 3.32.